The fourth-order valence-corrected chi connectivity index (χ4v) is 3.23. The molecule has 0 aromatic carbocycles. The number of nitrogens with two attached hydrogens (primary N) is 1. The van der Waals surface area contributed by atoms with Gasteiger partial charge in [-0.25, -0.2) is 0 Å². The smallest absolute Gasteiger partial charge is 0.270 e. The quantitative estimate of drug-likeness (QED) is 0.931. The molecule has 0 aliphatic carbocycles. The molecule has 0 radical (unpaired) electrons. The summed E-state index contributed by atoms with van der Waals surface area (Å²) in [6.45, 7) is 12.2. The van der Waals surface area contributed by atoms with Crippen LogP contribution in [0.25, 0.3) is 0 Å². The van der Waals surface area contributed by atoms with Gasteiger partial charge < -0.3 is 19.9 Å². The van der Waals surface area contributed by atoms with Crippen LogP contribution in [-0.2, 0) is 11.3 Å². The second-order valence-corrected chi connectivity index (χ2v) is 7.13. The number of hydrogen-bond donors (Lipinski definition) is 1. The van der Waals surface area contributed by atoms with Gasteiger partial charge in [0.2, 0.25) is 0 Å². The van der Waals surface area contributed by atoms with Crippen LogP contribution in [0.2, 0.25) is 0 Å². The predicted molar refractivity (Wildman–Crippen MR) is 84.3 cm³/mol. The van der Waals surface area contributed by atoms with Crippen LogP contribution in [0.15, 0.2) is 12.3 Å². The Kier molecular flexibility index (Phi) is 4.06. The third kappa shape index (κ3) is 3.59. The highest BCUT2D eigenvalue weighted by atomic mass is 16.5. The number of rotatable bonds is 3. The van der Waals surface area contributed by atoms with E-state index < -0.39 is 0 Å². The summed E-state index contributed by atoms with van der Waals surface area (Å²) >= 11 is 0. The maximum Gasteiger partial charge on any atom is 0.270 e. The van der Waals surface area contributed by atoms with Crippen molar-refractivity contribution in [3.8, 4) is 0 Å². The van der Waals surface area contributed by atoms with Crippen LogP contribution in [0, 0.1) is 0 Å². The van der Waals surface area contributed by atoms with Crippen molar-refractivity contribution in [1.29, 1.82) is 0 Å². The molecule has 1 saturated heterocycles. The highest BCUT2D eigenvalue weighted by Gasteiger charge is 2.40. The van der Waals surface area contributed by atoms with Crippen molar-refractivity contribution < 1.29 is 9.53 Å². The van der Waals surface area contributed by atoms with Crippen LogP contribution in [0.1, 0.15) is 51.5 Å². The Morgan fingerprint density at radius 3 is 2.38 bits per heavy atom. The number of anilines is 1. The minimum Gasteiger partial charge on any atom is -0.397 e. The van der Waals surface area contributed by atoms with Gasteiger partial charge in [0, 0.05) is 25.8 Å². The number of nitrogen functional groups attached to an aromatic ring is 1. The van der Waals surface area contributed by atoms with Gasteiger partial charge in [0.05, 0.1) is 16.9 Å². The zero-order valence-corrected chi connectivity index (χ0v) is 13.8. The van der Waals surface area contributed by atoms with E-state index in [1.807, 2.05) is 43.4 Å². The van der Waals surface area contributed by atoms with Crippen molar-refractivity contribution >= 4 is 11.6 Å². The Bertz CT molecular complexity index is 516. The molecular weight excluding hydrogens is 266 g/mol. The van der Waals surface area contributed by atoms with Gasteiger partial charge in [-0.3, -0.25) is 4.79 Å². The Hall–Kier alpha value is -1.49. The lowest BCUT2D eigenvalue weighted by atomic mass is 9.98. The molecule has 2 N–H and O–H groups in total. The molecular formula is C16H27N3O2. The highest BCUT2D eigenvalue weighted by molar-refractivity contribution is 5.94. The van der Waals surface area contributed by atoms with Crippen LogP contribution in [-0.4, -0.2) is 39.7 Å². The van der Waals surface area contributed by atoms with Gasteiger partial charge >= 0.3 is 0 Å². The monoisotopic (exact) mass is 293 g/mol. The lowest BCUT2D eigenvalue weighted by Gasteiger charge is -2.47. The third-order valence-corrected chi connectivity index (χ3v) is 3.58. The van der Waals surface area contributed by atoms with Gasteiger partial charge in [0.1, 0.15) is 5.69 Å². The molecule has 0 saturated carbocycles. The number of carbonyl (C=O) groups is 1. The molecule has 5 nitrogen and oxygen atoms in total. The normalized spacial score (nSPS) is 20.5. The van der Waals surface area contributed by atoms with E-state index >= 15 is 0 Å². The molecule has 5 heteroatoms. The first-order valence-corrected chi connectivity index (χ1v) is 7.59. The number of amides is 1. The molecule has 2 rings (SSSR count). The van der Waals surface area contributed by atoms with E-state index in [4.69, 9.17) is 10.5 Å². The van der Waals surface area contributed by atoms with Crippen LogP contribution in [0.5, 0.6) is 0 Å². The minimum absolute atomic E-state index is 0.0320. The summed E-state index contributed by atoms with van der Waals surface area (Å²) in [4.78, 5) is 14.8. The fourth-order valence-electron chi connectivity index (χ4n) is 3.23. The van der Waals surface area contributed by atoms with E-state index in [-0.39, 0.29) is 17.1 Å². The summed E-state index contributed by atoms with van der Waals surface area (Å²) < 4.78 is 7.99. The van der Waals surface area contributed by atoms with Crippen molar-refractivity contribution in [1.82, 2.24) is 9.47 Å². The lowest BCUT2D eigenvalue weighted by molar-refractivity contribution is -0.171. The van der Waals surface area contributed by atoms with Crippen molar-refractivity contribution in [3.05, 3.63) is 18.0 Å². The molecule has 0 unspecified atom stereocenters. The Morgan fingerprint density at radius 1 is 1.29 bits per heavy atom. The largest absolute Gasteiger partial charge is 0.397 e. The van der Waals surface area contributed by atoms with Gasteiger partial charge in [-0.1, -0.05) is 6.92 Å². The van der Waals surface area contributed by atoms with E-state index in [0.29, 0.717) is 24.5 Å². The molecule has 1 amide bonds. The zero-order valence-electron chi connectivity index (χ0n) is 13.8. The van der Waals surface area contributed by atoms with Gasteiger partial charge in [0.25, 0.3) is 5.91 Å². The molecule has 1 aromatic heterocycles. The van der Waals surface area contributed by atoms with Crippen LogP contribution in [0.4, 0.5) is 5.69 Å². The topological polar surface area (TPSA) is 60.5 Å². The average molecular weight is 293 g/mol. The van der Waals surface area contributed by atoms with Crippen molar-refractivity contribution in [2.75, 3.05) is 18.8 Å². The van der Waals surface area contributed by atoms with Crippen LogP contribution < -0.4 is 5.73 Å². The molecule has 1 aliphatic rings. The standard InChI is InChI=1S/C16H27N3O2/c1-6-7-18-9-12(17)8-13(18)14(20)19-10-15(2,3)21-16(4,5)11-19/h8-9H,6-7,10-11,17H2,1-5H3. The SMILES string of the molecule is CCCn1cc(N)cc1C(=O)N1CC(C)(C)OC(C)(C)C1. The van der Waals surface area contributed by atoms with E-state index in [9.17, 15) is 4.79 Å². The second-order valence-electron chi connectivity index (χ2n) is 7.13. The number of carbonyl (C=O) groups excluding carboxylic acids is 1. The van der Waals surface area contributed by atoms with E-state index in [1.165, 1.54) is 0 Å². The van der Waals surface area contributed by atoms with Crippen molar-refractivity contribution in [3.63, 3.8) is 0 Å². The summed E-state index contributed by atoms with van der Waals surface area (Å²) in [6, 6.07) is 1.77. The zero-order chi connectivity index (χ0) is 15.8. The number of aromatic nitrogens is 1. The predicted octanol–water partition coefficient (Wildman–Crippen LogP) is 2.51. The van der Waals surface area contributed by atoms with Gasteiger partial charge in [-0.2, -0.15) is 0 Å². The van der Waals surface area contributed by atoms with Crippen molar-refractivity contribution in [2.45, 2.75) is 58.8 Å². The summed E-state index contributed by atoms with van der Waals surface area (Å²) in [5, 5.41) is 0. The lowest BCUT2D eigenvalue weighted by Crippen LogP contribution is -2.58. The van der Waals surface area contributed by atoms with Gasteiger partial charge in [-0.15, -0.1) is 0 Å². The minimum atomic E-state index is -0.342. The molecule has 1 aliphatic heterocycles. The Balaban J connectivity index is 2.27. The molecule has 0 atom stereocenters. The second kappa shape index (κ2) is 5.37. The van der Waals surface area contributed by atoms with Crippen LogP contribution >= 0.6 is 0 Å². The first-order chi connectivity index (χ1) is 9.63. The Morgan fingerprint density at radius 2 is 1.86 bits per heavy atom. The molecule has 1 aromatic rings. The molecule has 1 fully saturated rings. The first-order valence-electron chi connectivity index (χ1n) is 7.59. The molecule has 118 valence electrons. The maximum atomic E-state index is 12.9. The average Bonchev–Trinajstić information content (AvgIpc) is 2.66. The van der Waals surface area contributed by atoms with Crippen LogP contribution in [0.3, 0.4) is 0 Å². The molecule has 21 heavy (non-hydrogen) atoms. The first kappa shape index (κ1) is 15.9. The highest BCUT2D eigenvalue weighted by Crippen LogP contribution is 2.29. The van der Waals surface area contributed by atoms with Gasteiger partial charge in [-0.05, 0) is 40.2 Å². The Labute approximate surface area is 127 Å². The molecule has 0 bridgehead atoms. The maximum absolute atomic E-state index is 12.9. The van der Waals surface area contributed by atoms with Gasteiger partial charge in [0.15, 0.2) is 0 Å². The molecule has 2 heterocycles. The van der Waals surface area contributed by atoms with Crippen molar-refractivity contribution in [2.24, 2.45) is 0 Å². The van der Waals surface area contributed by atoms with E-state index in [2.05, 4.69) is 6.92 Å². The number of nitrogens with zero attached hydrogens (tertiary/aromatic N) is 2. The number of ether oxygens (including phenoxy) is 1. The fraction of sp³-hybridized carbons (Fsp3) is 0.688. The van der Waals surface area contributed by atoms with E-state index in [1.54, 1.807) is 6.07 Å². The number of aryl methyl sites for hydroxylation is 1. The molecule has 0 spiro atoms. The number of hydrogen-bond acceptors (Lipinski definition) is 3. The summed E-state index contributed by atoms with van der Waals surface area (Å²) in [7, 11) is 0. The van der Waals surface area contributed by atoms with E-state index in [0.717, 1.165) is 13.0 Å². The summed E-state index contributed by atoms with van der Waals surface area (Å²) in [6.07, 6.45) is 2.81. The third-order valence-electron chi connectivity index (χ3n) is 3.58. The summed E-state index contributed by atoms with van der Waals surface area (Å²) in [5.41, 5.74) is 6.49. The number of morpholine rings is 1. The summed E-state index contributed by atoms with van der Waals surface area (Å²) in [5.74, 6) is 0.0320.